The van der Waals surface area contributed by atoms with Gasteiger partial charge < -0.3 is 9.47 Å². The number of carbonyl (C=O) groups excluding carboxylic acids is 2. The lowest BCUT2D eigenvalue weighted by Crippen LogP contribution is -2.21. The molecule has 0 fully saturated rings. The largest absolute Gasteiger partial charge is 0.462 e. The van der Waals surface area contributed by atoms with Crippen molar-refractivity contribution in [2.24, 2.45) is 5.92 Å². The average molecular weight is 439 g/mol. The van der Waals surface area contributed by atoms with Gasteiger partial charge in [-0.1, -0.05) is 105 Å². The SMILES string of the molecule is CCCCCCCCOC(=O)/C(CCCC)=C(\C(=O)OCCCCCCCC)C(C)C. The van der Waals surface area contributed by atoms with E-state index in [4.69, 9.17) is 9.47 Å². The van der Waals surface area contributed by atoms with Gasteiger partial charge in [-0.05, 0) is 31.6 Å². The van der Waals surface area contributed by atoms with Gasteiger partial charge in [0.25, 0.3) is 0 Å². The molecular formula is C27H50O4. The summed E-state index contributed by atoms with van der Waals surface area (Å²) in [6.45, 7) is 11.3. The molecular weight excluding hydrogens is 388 g/mol. The van der Waals surface area contributed by atoms with Crippen molar-refractivity contribution in [2.45, 2.75) is 131 Å². The molecule has 0 aliphatic heterocycles. The summed E-state index contributed by atoms with van der Waals surface area (Å²) in [5.74, 6) is -0.737. The van der Waals surface area contributed by atoms with Crippen LogP contribution in [0.4, 0.5) is 0 Å². The minimum absolute atomic E-state index is 0.0643. The zero-order chi connectivity index (χ0) is 23.3. The van der Waals surface area contributed by atoms with E-state index >= 15 is 0 Å². The summed E-state index contributed by atoms with van der Waals surface area (Å²) < 4.78 is 11.1. The molecule has 0 unspecified atom stereocenters. The maximum absolute atomic E-state index is 12.8. The first-order valence-electron chi connectivity index (χ1n) is 13.1. The van der Waals surface area contributed by atoms with Crippen LogP contribution in [0.15, 0.2) is 11.1 Å². The van der Waals surface area contributed by atoms with Gasteiger partial charge in [0, 0.05) is 5.57 Å². The van der Waals surface area contributed by atoms with Crippen LogP contribution in [0.5, 0.6) is 0 Å². The van der Waals surface area contributed by atoms with Gasteiger partial charge in [-0.15, -0.1) is 0 Å². The third-order valence-electron chi connectivity index (χ3n) is 5.61. The van der Waals surface area contributed by atoms with Crippen molar-refractivity contribution in [3.05, 3.63) is 11.1 Å². The summed E-state index contributed by atoms with van der Waals surface area (Å²) in [4.78, 5) is 25.6. The second-order valence-electron chi connectivity index (χ2n) is 8.96. The molecule has 182 valence electrons. The minimum Gasteiger partial charge on any atom is -0.462 e. The van der Waals surface area contributed by atoms with Gasteiger partial charge >= 0.3 is 11.9 Å². The number of unbranched alkanes of at least 4 members (excludes halogenated alkanes) is 11. The predicted octanol–water partition coefficient (Wildman–Crippen LogP) is 7.94. The van der Waals surface area contributed by atoms with Gasteiger partial charge in [0.1, 0.15) is 0 Å². The van der Waals surface area contributed by atoms with Crippen LogP contribution in [0.3, 0.4) is 0 Å². The summed E-state index contributed by atoms with van der Waals surface area (Å²) in [5, 5.41) is 0. The molecule has 0 spiro atoms. The molecule has 0 aliphatic carbocycles. The van der Waals surface area contributed by atoms with Crippen molar-refractivity contribution in [1.29, 1.82) is 0 Å². The zero-order valence-electron chi connectivity index (χ0n) is 21.2. The number of carbonyl (C=O) groups is 2. The monoisotopic (exact) mass is 438 g/mol. The van der Waals surface area contributed by atoms with Crippen molar-refractivity contribution in [2.75, 3.05) is 13.2 Å². The lowest BCUT2D eigenvalue weighted by atomic mass is 9.94. The van der Waals surface area contributed by atoms with Crippen LogP contribution >= 0.6 is 0 Å². The van der Waals surface area contributed by atoms with Crippen LogP contribution in [-0.2, 0) is 19.1 Å². The Bertz CT molecular complexity index is 493. The molecule has 4 nitrogen and oxygen atoms in total. The van der Waals surface area contributed by atoms with Crippen LogP contribution in [0.1, 0.15) is 131 Å². The molecule has 4 heteroatoms. The van der Waals surface area contributed by atoms with Gasteiger partial charge in [-0.25, -0.2) is 9.59 Å². The predicted molar refractivity (Wildman–Crippen MR) is 130 cm³/mol. The van der Waals surface area contributed by atoms with Gasteiger partial charge in [0.05, 0.1) is 18.8 Å². The van der Waals surface area contributed by atoms with E-state index in [2.05, 4.69) is 20.8 Å². The maximum Gasteiger partial charge on any atom is 0.334 e. The van der Waals surface area contributed by atoms with E-state index in [1.54, 1.807) is 0 Å². The van der Waals surface area contributed by atoms with E-state index in [-0.39, 0.29) is 17.9 Å². The molecule has 0 aromatic carbocycles. The summed E-state index contributed by atoms with van der Waals surface area (Å²) in [6.07, 6.45) is 16.2. The second-order valence-corrected chi connectivity index (χ2v) is 8.96. The first-order chi connectivity index (χ1) is 15.0. The normalized spacial score (nSPS) is 12.1. The van der Waals surface area contributed by atoms with Gasteiger partial charge in [-0.2, -0.15) is 0 Å². The topological polar surface area (TPSA) is 52.6 Å². The number of esters is 2. The molecule has 0 bridgehead atoms. The lowest BCUT2D eigenvalue weighted by Gasteiger charge is -2.17. The second kappa shape index (κ2) is 20.6. The van der Waals surface area contributed by atoms with E-state index in [1.807, 2.05) is 13.8 Å². The van der Waals surface area contributed by atoms with Crippen LogP contribution < -0.4 is 0 Å². The van der Waals surface area contributed by atoms with Crippen LogP contribution in [0, 0.1) is 5.92 Å². The molecule has 0 heterocycles. The average Bonchev–Trinajstić information content (AvgIpc) is 2.74. The standard InChI is InChI=1S/C27H50O4/c1-6-9-12-14-16-18-21-30-26(28)24(20-11-8-3)25(23(4)5)27(29)31-22-19-17-15-13-10-7-2/h23H,6-22H2,1-5H3/b25-24-. The van der Waals surface area contributed by atoms with Gasteiger partial charge in [-0.3, -0.25) is 0 Å². The van der Waals surface area contributed by atoms with E-state index in [1.165, 1.54) is 51.4 Å². The van der Waals surface area contributed by atoms with Crippen molar-refractivity contribution in [3.63, 3.8) is 0 Å². The van der Waals surface area contributed by atoms with Crippen molar-refractivity contribution in [3.8, 4) is 0 Å². The fraction of sp³-hybridized carbons (Fsp3) is 0.852. The van der Waals surface area contributed by atoms with Gasteiger partial charge in [0.15, 0.2) is 0 Å². The molecule has 0 aromatic heterocycles. The number of rotatable bonds is 20. The highest BCUT2D eigenvalue weighted by Crippen LogP contribution is 2.23. The fourth-order valence-corrected chi connectivity index (χ4v) is 3.67. The van der Waals surface area contributed by atoms with E-state index in [0.29, 0.717) is 30.8 Å². The zero-order valence-corrected chi connectivity index (χ0v) is 21.2. The van der Waals surface area contributed by atoms with Crippen molar-refractivity contribution in [1.82, 2.24) is 0 Å². The molecule has 0 aromatic rings. The first kappa shape index (κ1) is 29.7. The first-order valence-corrected chi connectivity index (χ1v) is 13.1. The smallest absolute Gasteiger partial charge is 0.334 e. The Morgan fingerprint density at radius 2 is 1.00 bits per heavy atom. The molecule has 0 saturated heterocycles. The summed E-state index contributed by atoms with van der Waals surface area (Å²) >= 11 is 0. The summed E-state index contributed by atoms with van der Waals surface area (Å²) in [5.41, 5.74) is 1.03. The molecule has 0 rings (SSSR count). The third kappa shape index (κ3) is 15.2. The summed E-state index contributed by atoms with van der Waals surface area (Å²) in [6, 6.07) is 0. The van der Waals surface area contributed by atoms with E-state index < -0.39 is 0 Å². The number of ether oxygens (including phenoxy) is 2. The Labute approximate surface area is 192 Å². The highest BCUT2D eigenvalue weighted by atomic mass is 16.5. The lowest BCUT2D eigenvalue weighted by molar-refractivity contribution is -0.143. The Morgan fingerprint density at radius 3 is 1.45 bits per heavy atom. The molecule has 31 heavy (non-hydrogen) atoms. The Balaban J connectivity index is 4.79. The maximum atomic E-state index is 12.8. The van der Waals surface area contributed by atoms with Crippen LogP contribution in [-0.4, -0.2) is 25.2 Å². The van der Waals surface area contributed by atoms with Gasteiger partial charge in [0.2, 0.25) is 0 Å². The Kier molecular flexibility index (Phi) is 19.7. The third-order valence-corrected chi connectivity index (χ3v) is 5.61. The van der Waals surface area contributed by atoms with E-state index in [0.717, 1.165) is 38.5 Å². The highest BCUT2D eigenvalue weighted by Gasteiger charge is 2.25. The fourth-order valence-electron chi connectivity index (χ4n) is 3.67. The highest BCUT2D eigenvalue weighted by molar-refractivity contribution is 6.00. The molecule has 0 saturated carbocycles. The quantitative estimate of drug-likeness (QED) is 0.110. The molecule has 0 N–H and O–H groups in total. The Hall–Kier alpha value is -1.32. The van der Waals surface area contributed by atoms with Crippen LogP contribution in [0.25, 0.3) is 0 Å². The van der Waals surface area contributed by atoms with Crippen molar-refractivity contribution >= 4 is 11.9 Å². The molecule has 0 aliphatic rings. The Morgan fingerprint density at radius 1 is 0.581 bits per heavy atom. The molecule has 0 radical (unpaired) electrons. The minimum atomic E-state index is -0.342. The van der Waals surface area contributed by atoms with Crippen LogP contribution in [0.2, 0.25) is 0 Å². The summed E-state index contributed by atoms with van der Waals surface area (Å²) in [7, 11) is 0. The van der Waals surface area contributed by atoms with E-state index in [9.17, 15) is 9.59 Å². The molecule has 0 amide bonds. The number of hydrogen-bond acceptors (Lipinski definition) is 4. The molecule has 0 atom stereocenters. The van der Waals surface area contributed by atoms with Crippen molar-refractivity contribution < 1.29 is 19.1 Å². The number of hydrogen-bond donors (Lipinski definition) is 0.